The monoisotopic (exact) mass is 667 g/mol. The maximum absolute atomic E-state index is 14.5. The Morgan fingerprint density at radius 3 is 2.48 bits per heavy atom. The van der Waals surface area contributed by atoms with Crippen molar-refractivity contribution < 1.29 is 31.8 Å². The smallest absolute Gasteiger partial charge is 0.379 e. The first-order valence-electron chi connectivity index (χ1n) is 14.2. The first-order valence-corrected chi connectivity index (χ1v) is 15.8. The van der Waals surface area contributed by atoms with E-state index in [1.807, 2.05) is 24.3 Å². The van der Waals surface area contributed by atoms with Crippen LogP contribution in [0.2, 0.25) is 10.0 Å². The molecule has 0 saturated carbocycles. The van der Waals surface area contributed by atoms with Crippen molar-refractivity contribution in [3.05, 3.63) is 92.2 Å². The van der Waals surface area contributed by atoms with Crippen molar-refractivity contribution in [1.29, 1.82) is 0 Å². The number of hydrogen-bond donors (Lipinski definition) is 0. The molecule has 1 spiro atoms. The van der Waals surface area contributed by atoms with Crippen LogP contribution in [0.4, 0.5) is 17.6 Å². The zero-order valence-electron chi connectivity index (χ0n) is 23.3. The number of likely N-dealkylation sites (tertiary alicyclic amines) is 1. The van der Waals surface area contributed by atoms with Crippen molar-refractivity contribution in [3.8, 4) is 0 Å². The van der Waals surface area contributed by atoms with Gasteiger partial charge in [0, 0.05) is 31.1 Å². The summed E-state index contributed by atoms with van der Waals surface area (Å²) in [5.74, 6) is -1.01. The van der Waals surface area contributed by atoms with Crippen LogP contribution >= 0.6 is 35.1 Å². The van der Waals surface area contributed by atoms with E-state index in [4.69, 9.17) is 32.7 Å². The highest BCUT2D eigenvalue weighted by Crippen LogP contribution is 2.57. The Hall–Kier alpha value is -2.41. The summed E-state index contributed by atoms with van der Waals surface area (Å²) in [5, 5.41) is -0.961. The molecule has 1 aliphatic carbocycles. The minimum Gasteiger partial charge on any atom is -0.379 e. The van der Waals surface area contributed by atoms with E-state index < -0.39 is 38.8 Å². The molecule has 2 atom stereocenters. The quantitative estimate of drug-likeness (QED) is 0.209. The SMILES string of the molecule is O=C(C1=CCC(N2CCOCC2)C=C1)N1CC2(C1)OCc1cc(C3=NSC(c4cc(Cl)c(F)c(Cl)c4)(C(F)(F)F)C3)ccc12. The normalized spacial score (nSPS) is 26.4. The van der Waals surface area contributed by atoms with Gasteiger partial charge in [-0.25, -0.2) is 8.79 Å². The van der Waals surface area contributed by atoms with Gasteiger partial charge in [0.05, 0.1) is 48.7 Å². The van der Waals surface area contributed by atoms with E-state index in [0.29, 0.717) is 36.2 Å². The summed E-state index contributed by atoms with van der Waals surface area (Å²) in [5.41, 5.74) is 2.36. The lowest BCUT2D eigenvalue weighted by atomic mass is 9.83. The fraction of sp³-hybridized carbons (Fsp3) is 0.419. The molecular formula is C31H27Cl2F4N3O3S. The molecule has 2 unspecified atom stereocenters. The maximum Gasteiger partial charge on any atom is 0.409 e. The highest BCUT2D eigenvalue weighted by molar-refractivity contribution is 7.99. The molecule has 44 heavy (non-hydrogen) atoms. The van der Waals surface area contributed by atoms with Crippen LogP contribution in [-0.2, 0) is 31.2 Å². The van der Waals surface area contributed by atoms with E-state index in [1.54, 1.807) is 11.0 Å². The van der Waals surface area contributed by atoms with Crippen LogP contribution in [0.1, 0.15) is 35.1 Å². The van der Waals surface area contributed by atoms with Crippen molar-refractivity contribution >= 4 is 46.8 Å². The Kier molecular flexibility index (Phi) is 7.66. The highest BCUT2D eigenvalue weighted by Gasteiger charge is 2.60. The summed E-state index contributed by atoms with van der Waals surface area (Å²) in [6.07, 6.45) is 1.58. The average Bonchev–Trinajstić information content (AvgIpc) is 3.63. The second-order valence-corrected chi connectivity index (χ2v) is 13.5. The molecule has 7 rings (SSSR count). The number of carbonyl (C=O) groups excluding carboxylic acids is 1. The van der Waals surface area contributed by atoms with E-state index in [2.05, 4.69) is 15.4 Å². The largest absolute Gasteiger partial charge is 0.409 e. The number of ether oxygens (including phenoxy) is 2. The predicted octanol–water partition coefficient (Wildman–Crippen LogP) is 6.59. The molecule has 2 fully saturated rings. The number of fused-ring (bicyclic) bond motifs is 2. The van der Waals surface area contributed by atoms with E-state index in [1.165, 1.54) is 0 Å². The number of halogens is 6. The standard InChI is InChI=1S/C31H27Cl2F4N3O3S/c32-24-12-21(13-25(33)27(24)34)30(31(35,36)37)14-26(38-44-30)19-3-6-23-20(11-19)15-43-29(23)16-40(17-29)28(41)18-1-4-22(5-2-18)39-7-9-42-10-8-39/h1-4,6,11-13,22H,5,7-10,14-17H2. The number of amides is 1. The lowest BCUT2D eigenvalue weighted by Gasteiger charge is -2.47. The Balaban J connectivity index is 1.04. The van der Waals surface area contributed by atoms with Gasteiger partial charge in [0.2, 0.25) is 0 Å². The maximum atomic E-state index is 14.5. The van der Waals surface area contributed by atoms with E-state index in [9.17, 15) is 22.4 Å². The van der Waals surface area contributed by atoms with Gasteiger partial charge >= 0.3 is 6.18 Å². The summed E-state index contributed by atoms with van der Waals surface area (Å²) >= 11 is 12.1. The predicted molar refractivity (Wildman–Crippen MR) is 160 cm³/mol. The third-order valence-corrected chi connectivity index (χ3v) is 10.9. The summed E-state index contributed by atoms with van der Waals surface area (Å²) in [4.78, 5) is 17.4. The Labute approximate surface area is 265 Å². The van der Waals surface area contributed by atoms with Crippen LogP contribution in [0.25, 0.3) is 0 Å². The second-order valence-electron chi connectivity index (χ2n) is 11.7. The fourth-order valence-corrected chi connectivity index (χ4v) is 8.03. The number of rotatable bonds is 4. The number of morpholine rings is 1. The molecule has 4 heterocycles. The van der Waals surface area contributed by atoms with Gasteiger partial charge in [-0.1, -0.05) is 53.6 Å². The molecule has 2 aromatic carbocycles. The Bertz CT molecular complexity index is 1600. The van der Waals surface area contributed by atoms with Gasteiger partial charge in [0.15, 0.2) is 10.6 Å². The van der Waals surface area contributed by atoms with Crippen molar-refractivity contribution in [2.24, 2.45) is 4.40 Å². The molecular weight excluding hydrogens is 641 g/mol. The molecule has 0 radical (unpaired) electrons. The van der Waals surface area contributed by atoms with Gasteiger partial charge in [0.1, 0.15) is 5.60 Å². The van der Waals surface area contributed by atoms with Gasteiger partial charge in [-0.3, -0.25) is 9.69 Å². The van der Waals surface area contributed by atoms with Gasteiger partial charge in [0.25, 0.3) is 5.91 Å². The average molecular weight is 669 g/mol. The first kappa shape index (κ1) is 30.3. The number of hydrogen-bond acceptors (Lipinski definition) is 6. The zero-order chi connectivity index (χ0) is 30.9. The lowest BCUT2D eigenvalue weighted by molar-refractivity contribution is -0.164. The van der Waals surface area contributed by atoms with Gasteiger partial charge in [-0.05, 0) is 58.8 Å². The van der Waals surface area contributed by atoms with E-state index in [-0.39, 0.29) is 29.8 Å². The lowest BCUT2D eigenvalue weighted by Crippen LogP contribution is -2.61. The summed E-state index contributed by atoms with van der Waals surface area (Å²) in [6.45, 7) is 4.29. The van der Waals surface area contributed by atoms with Crippen molar-refractivity contribution in [2.45, 2.75) is 42.0 Å². The number of alkyl halides is 3. The molecule has 2 aromatic rings. The third-order valence-electron chi connectivity index (χ3n) is 9.09. The molecule has 6 nitrogen and oxygen atoms in total. The molecule has 0 N–H and O–H groups in total. The van der Waals surface area contributed by atoms with Crippen molar-refractivity contribution in [3.63, 3.8) is 0 Å². The van der Waals surface area contributed by atoms with Crippen LogP contribution in [0.3, 0.4) is 0 Å². The van der Waals surface area contributed by atoms with Gasteiger partial charge < -0.3 is 14.4 Å². The van der Waals surface area contributed by atoms with Crippen LogP contribution < -0.4 is 0 Å². The second kappa shape index (κ2) is 11.1. The Morgan fingerprint density at radius 2 is 1.82 bits per heavy atom. The van der Waals surface area contributed by atoms with Crippen molar-refractivity contribution in [2.75, 3.05) is 39.4 Å². The van der Waals surface area contributed by atoms with Gasteiger partial charge in [-0.2, -0.15) is 13.2 Å². The topological polar surface area (TPSA) is 54.4 Å². The van der Waals surface area contributed by atoms with Crippen LogP contribution in [0.5, 0.6) is 0 Å². The molecule has 0 aromatic heterocycles. The minimum atomic E-state index is -4.72. The fourth-order valence-electron chi connectivity index (χ4n) is 6.58. The van der Waals surface area contributed by atoms with Gasteiger partial charge in [-0.15, -0.1) is 0 Å². The molecule has 5 aliphatic rings. The van der Waals surface area contributed by atoms with Crippen LogP contribution in [0.15, 0.2) is 58.5 Å². The summed E-state index contributed by atoms with van der Waals surface area (Å²) in [6, 6.07) is 7.62. The third kappa shape index (κ3) is 5.00. The molecule has 0 bridgehead atoms. The highest BCUT2D eigenvalue weighted by atomic mass is 35.5. The molecule has 232 valence electrons. The van der Waals surface area contributed by atoms with Crippen molar-refractivity contribution in [1.82, 2.24) is 9.80 Å². The summed E-state index contributed by atoms with van der Waals surface area (Å²) in [7, 11) is 0. The zero-order valence-corrected chi connectivity index (χ0v) is 25.6. The molecule has 4 aliphatic heterocycles. The number of benzene rings is 2. The molecule has 13 heteroatoms. The number of carbonyl (C=O) groups is 1. The van der Waals surface area contributed by atoms with E-state index >= 15 is 0 Å². The number of nitrogens with zero attached hydrogens (tertiary/aromatic N) is 3. The molecule has 1 amide bonds. The molecule has 2 saturated heterocycles. The summed E-state index contributed by atoms with van der Waals surface area (Å²) < 4.78 is 71.0. The van der Waals surface area contributed by atoms with Crippen LogP contribution in [-0.4, -0.2) is 73.0 Å². The minimum absolute atomic E-state index is 0.0391. The first-order chi connectivity index (χ1) is 21.0. The van der Waals surface area contributed by atoms with E-state index in [0.717, 1.165) is 56.0 Å². The van der Waals surface area contributed by atoms with Crippen LogP contribution in [0, 0.1) is 5.82 Å². The Morgan fingerprint density at radius 1 is 1.09 bits per heavy atom.